The Kier molecular flexibility index (Phi) is 1.24. The van der Waals surface area contributed by atoms with E-state index in [1.165, 1.54) is 0 Å². The first-order valence-corrected chi connectivity index (χ1v) is 3.41. The second-order valence-electron chi connectivity index (χ2n) is 2.53. The lowest BCUT2D eigenvalue weighted by Crippen LogP contribution is -2.07. The summed E-state index contributed by atoms with van der Waals surface area (Å²) in [5.41, 5.74) is 1.03. The normalized spacial score (nSPS) is 21.9. The van der Waals surface area contributed by atoms with Crippen molar-refractivity contribution in [3.8, 4) is 0 Å². The van der Waals surface area contributed by atoms with Crippen LogP contribution in [0.1, 0.15) is 16.1 Å². The van der Waals surface area contributed by atoms with E-state index in [0.717, 1.165) is 0 Å². The first-order valence-electron chi connectivity index (χ1n) is 3.41. The number of nitrogens with zero attached hydrogens (tertiary/aromatic N) is 1. The molecule has 2 nitrogen and oxygen atoms in total. The Morgan fingerprint density at radius 2 is 2.45 bits per heavy atom. The molecule has 56 valence electrons. The summed E-state index contributed by atoms with van der Waals surface area (Å²) < 4.78 is 12.7. The molecule has 2 rings (SSSR count). The minimum atomic E-state index is -1.36. The van der Waals surface area contributed by atoms with E-state index in [0.29, 0.717) is 11.3 Å². The summed E-state index contributed by atoms with van der Waals surface area (Å²) >= 11 is 0. The monoisotopic (exact) mass is 151 g/mol. The van der Waals surface area contributed by atoms with Gasteiger partial charge in [-0.25, -0.2) is 4.39 Å². The van der Waals surface area contributed by atoms with Crippen LogP contribution in [-0.2, 0) is 6.42 Å². The Hall–Kier alpha value is -1.25. The Bertz CT molecular complexity index is 311. The highest BCUT2D eigenvalue weighted by atomic mass is 19.1. The molecule has 1 aromatic rings. The third-order valence-electron chi connectivity index (χ3n) is 1.81. The first kappa shape index (κ1) is 6.46. The Balaban J connectivity index is 2.55. The number of aromatic nitrogens is 1. The molecular formula is C8H6FNO. The molecule has 1 heterocycles. The molecule has 1 atom stereocenters. The molecule has 11 heavy (non-hydrogen) atoms. The molecule has 0 spiro atoms. The van der Waals surface area contributed by atoms with Crippen LogP contribution in [0.25, 0.3) is 0 Å². The van der Waals surface area contributed by atoms with E-state index in [2.05, 4.69) is 4.98 Å². The fraction of sp³-hybridized carbons (Fsp3) is 0.250. The summed E-state index contributed by atoms with van der Waals surface area (Å²) in [5, 5.41) is 0. The zero-order valence-corrected chi connectivity index (χ0v) is 5.75. The minimum Gasteiger partial charge on any atom is -0.291 e. The SMILES string of the molecule is O=C1c2cccnc2CC1F. The number of halogens is 1. The van der Waals surface area contributed by atoms with Crippen LogP contribution in [0, 0.1) is 0 Å². The smallest absolute Gasteiger partial charge is 0.199 e. The van der Waals surface area contributed by atoms with Gasteiger partial charge < -0.3 is 0 Å². The number of carbonyl (C=O) groups excluding carboxylic acids is 1. The van der Waals surface area contributed by atoms with Crippen LogP contribution in [0.3, 0.4) is 0 Å². The van der Waals surface area contributed by atoms with Gasteiger partial charge in [-0.15, -0.1) is 0 Å². The highest BCUT2D eigenvalue weighted by molar-refractivity contribution is 6.03. The fourth-order valence-electron chi connectivity index (χ4n) is 1.26. The first-order chi connectivity index (χ1) is 5.29. The van der Waals surface area contributed by atoms with Gasteiger partial charge in [0.05, 0.1) is 5.69 Å². The molecule has 1 aliphatic carbocycles. The van der Waals surface area contributed by atoms with Gasteiger partial charge in [-0.3, -0.25) is 9.78 Å². The van der Waals surface area contributed by atoms with Gasteiger partial charge in [0.2, 0.25) is 0 Å². The molecule has 0 saturated carbocycles. The van der Waals surface area contributed by atoms with Gasteiger partial charge in [-0.2, -0.15) is 0 Å². The maximum Gasteiger partial charge on any atom is 0.199 e. The number of hydrogen-bond donors (Lipinski definition) is 0. The Morgan fingerprint density at radius 3 is 3.18 bits per heavy atom. The second kappa shape index (κ2) is 2.12. The van der Waals surface area contributed by atoms with Crippen molar-refractivity contribution in [2.75, 3.05) is 0 Å². The van der Waals surface area contributed by atoms with Crippen LogP contribution in [-0.4, -0.2) is 16.9 Å². The molecule has 1 aliphatic rings. The van der Waals surface area contributed by atoms with Gasteiger partial charge in [0.1, 0.15) is 0 Å². The number of ketones is 1. The largest absolute Gasteiger partial charge is 0.291 e. The molecular weight excluding hydrogens is 145 g/mol. The van der Waals surface area contributed by atoms with E-state index in [-0.39, 0.29) is 6.42 Å². The van der Waals surface area contributed by atoms with E-state index < -0.39 is 12.0 Å². The van der Waals surface area contributed by atoms with Crippen molar-refractivity contribution in [3.05, 3.63) is 29.6 Å². The Morgan fingerprint density at radius 1 is 1.64 bits per heavy atom. The number of Topliss-reactive ketones (excluding diaryl/α,β-unsaturated/α-hetero) is 1. The number of fused-ring (bicyclic) bond motifs is 1. The third-order valence-corrected chi connectivity index (χ3v) is 1.81. The van der Waals surface area contributed by atoms with Crippen LogP contribution < -0.4 is 0 Å². The fourth-order valence-corrected chi connectivity index (χ4v) is 1.26. The molecule has 3 heteroatoms. The van der Waals surface area contributed by atoms with Crippen LogP contribution in [0.2, 0.25) is 0 Å². The topological polar surface area (TPSA) is 30.0 Å². The molecule has 0 saturated heterocycles. The lowest BCUT2D eigenvalue weighted by Gasteiger charge is -1.90. The van der Waals surface area contributed by atoms with E-state index in [1.54, 1.807) is 18.3 Å². The number of carbonyl (C=O) groups is 1. The third kappa shape index (κ3) is 0.843. The van der Waals surface area contributed by atoms with Gasteiger partial charge in [-0.1, -0.05) is 0 Å². The standard InChI is InChI=1S/C8H6FNO/c9-6-4-7-5(8(6)11)2-1-3-10-7/h1-3,6H,4H2. The molecule has 0 radical (unpaired) electrons. The van der Waals surface area contributed by atoms with E-state index in [9.17, 15) is 9.18 Å². The van der Waals surface area contributed by atoms with Crippen molar-refractivity contribution in [1.29, 1.82) is 0 Å². The number of rotatable bonds is 0. The number of pyridine rings is 1. The number of hydrogen-bond acceptors (Lipinski definition) is 2. The number of alkyl halides is 1. The van der Waals surface area contributed by atoms with E-state index >= 15 is 0 Å². The van der Waals surface area contributed by atoms with E-state index in [1.807, 2.05) is 0 Å². The van der Waals surface area contributed by atoms with Gasteiger partial charge in [0.15, 0.2) is 12.0 Å². The second-order valence-corrected chi connectivity index (χ2v) is 2.53. The van der Waals surface area contributed by atoms with Crippen molar-refractivity contribution in [3.63, 3.8) is 0 Å². The molecule has 0 fully saturated rings. The average molecular weight is 151 g/mol. The summed E-state index contributed by atoms with van der Waals surface area (Å²) in [6, 6.07) is 3.26. The molecule has 0 N–H and O–H groups in total. The lowest BCUT2D eigenvalue weighted by molar-refractivity contribution is 0.0899. The molecule has 0 bridgehead atoms. The van der Waals surface area contributed by atoms with Gasteiger partial charge in [0.25, 0.3) is 0 Å². The zero-order chi connectivity index (χ0) is 7.84. The zero-order valence-electron chi connectivity index (χ0n) is 5.75. The van der Waals surface area contributed by atoms with Crippen LogP contribution in [0.15, 0.2) is 18.3 Å². The van der Waals surface area contributed by atoms with Crippen molar-refractivity contribution >= 4 is 5.78 Å². The van der Waals surface area contributed by atoms with Crippen molar-refractivity contribution in [2.24, 2.45) is 0 Å². The minimum absolute atomic E-state index is 0.148. The average Bonchev–Trinajstić information content (AvgIpc) is 2.30. The highest BCUT2D eigenvalue weighted by Crippen LogP contribution is 2.21. The van der Waals surface area contributed by atoms with Gasteiger partial charge >= 0.3 is 0 Å². The predicted molar refractivity (Wildman–Crippen MR) is 37.2 cm³/mol. The molecule has 0 aromatic carbocycles. The van der Waals surface area contributed by atoms with Crippen molar-refractivity contribution in [2.45, 2.75) is 12.6 Å². The quantitative estimate of drug-likeness (QED) is 0.556. The van der Waals surface area contributed by atoms with Gasteiger partial charge in [-0.05, 0) is 12.1 Å². The summed E-state index contributed by atoms with van der Waals surface area (Å²) in [7, 11) is 0. The van der Waals surface area contributed by atoms with E-state index in [4.69, 9.17) is 0 Å². The summed E-state index contributed by atoms with van der Waals surface area (Å²) in [6.07, 6.45) is 0.360. The summed E-state index contributed by atoms with van der Waals surface area (Å²) in [5.74, 6) is -0.423. The summed E-state index contributed by atoms with van der Waals surface area (Å²) in [6.45, 7) is 0. The van der Waals surface area contributed by atoms with Crippen LogP contribution in [0.5, 0.6) is 0 Å². The molecule has 1 aromatic heterocycles. The van der Waals surface area contributed by atoms with Crippen LogP contribution in [0.4, 0.5) is 4.39 Å². The predicted octanol–water partition coefficient (Wildman–Crippen LogP) is 1.16. The summed E-state index contributed by atoms with van der Waals surface area (Å²) in [4.78, 5) is 14.9. The maximum atomic E-state index is 12.7. The maximum absolute atomic E-state index is 12.7. The van der Waals surface area contributed by atoms with Crippen molar-refractivity contribution in [1.82, 2.24) is 4.98 Å². The molecule has 0 aliphatic heterocycles. The molecule has 0 amide bonds. The molecule has 1 unspecified atom stereocenters. The van der Waals surface area contributed by atoms with Crippen molar-refractivity contribution < 1.29 is 9.18 Å². The lowest BCUT2D eigenvalue weighted by atomic mass is 10.2. The van der Waals surface area contributed by atoms with Gasteiger partial charge in [0, 0.05) is 18.2 Å². The Labute approximate surface area is 63.1 Å². The van der Waals surface area contributed by atoms with Crippen LogP contribution >= 0.6 is 0 Å². The highest BCUT2D eigenvalue weighted by Gasteiger charge is 2.30.